The van der Waals surface area contributed by atoms with E-state index >= 15 is 0 Å². The van der Waals surface area contributed by atoms with Crippen LogP contribution >= 0.6 is 0 Å². The van der Waals surface area contributed by atoms with Crippen LogP contribution in [0.15, 0.2) is 67.0 Å². The molecular weight excluding hydrogens is 354 g/mol. The maximum atomic E-state index is 13.0. The number of rotatable bonds is 7. The Morgan fingerprint density at radius 3 is 2.50 bits per heavy atom. The van der Waals surface area contributed by atoms with Crippen LogP contribution in [0, 0.1) is 0 Å². The molecule has 6 heteroatoms. The van der Waals surface area contributed by atoms with E-state index in [1.54, 1.807) is 37.6 Å². The van der Waals surface area contributed by atoms with Crippen molar-refractivity contribution in [1.29, 1.82) is 0 Å². The van der Waals surface area contributed by atoms with E-state index < -0.39 is 0 Å². The summed E-state index contributed by atoms with van der Waals surface area (Å²) in [5.41, 5.74) is 2.76. The molecule has 0 aliphatic heterocycles. The minimum absolute atomic E-state index is 0.109. The zero-order valence-electron chi connectivity index (χ0n) is 16.2. The fourth-order valence-corrected chi connectivity index (χ4v) is 2.90. The highest BCUT2D eigenvalue weighted by Crippen LogP contribution is 2.31. The Balaban J connectivity index is 1.87. The summed E-state index contributed by atoms with van der Waals surface area (Å²) in [5.74, 6) is 1.25. The Morgan fingerprint density at radius 1 is 1.04 bits per heavy atom. The molecule has 28 heavy (non-hydrogen) atoms. The van der Waals surface area contributed by atoms with Gasteiger partial charge in [0.1, 0.15) is 11.5 Å². The third-order valence-corrected chi connectivity index (χ3v) is 4.30. The van der Waals surface area contributed by atoms with E-state index in [1.807, 2.05) is 55.5 Å². The average Bonchev–Trinajstić information content (AvgIpc) is 2.75. The number of nitrogens with zero attached hydrogens (tertiary/aromatic N) is 2. The van der Waals surface area contributed by atoms with Crippen molar-refractivity contribution >= 4 is 23.0 Å². The summed E-state index contributed by atoms with van der Waals surface area (Å²) in [6.45, 7) is 2.51. The normalized spacial score (nSPS) is 10.2. The van der Waals surface area contributed by atoms with Gasteiger partial charge in [-0.25, -0.2) is 0 Å². The minimum Gasteiger partial charge on any atom is -0.497 e. The molecule has 2 aromatic carbocycles. The number of benzene rings is 2. The van der Waals surface area contributed by atoms with Crippen molar-refractivity contribution in [2.45, 2.75) is 6.92 Å². The number of hydrogen-bond donors (Lipinski definition) is 1. The summed E-state index contributed by atoms with van der Waals surface area (Å²) in [5, 5.41) is 3.25. The Bertz CT molecular complexity index is 945. The molecule has 0 unspecified atom stereocenters. The molecule has 0 fully saturated rings. The number of para-hydroxylation sites is 1. The predicted molar refractivity (Wildman–Crippen MR) is 111 cm³/mol. The number of ether oxygens (including phenoxy) is 2. The lowest BCUT2D eigenvalue weighted by Gasteiger charge is -2.21. The quantitative estimate of drug-likeness (QED) is 0.656. The first-order chi connectivity index (χ1) is 13.7. The standard InChI is InChI=1S/C22H23N3O3/c1-4-25(18-8-6-5-7-9-18)22(26)16-12-17(15-23-14-16)24-20-13-19(27-2)10-11-21(20)28-3/h5-15,24H,4H2,1-3H3. The molecule has 1 amide bonds. The number of anilines is 3. The van der Waals surface area contributed by atoms with Gasteiger partial charge in [0, 0.05) is 24.5 Å². The highest BCUT2D eigenvalue weighted by atomic mass is 16.5. The summed E-state index contributed by atoms with van der Waals surface area (Å²) >= 11 is 0. The number of methoxy groups -OCH3 is 2. The Kier molecular flexibility index (Phi) is 6.11. The maximum Gasteiger partial charge on any atom is 0.259 e. The lowest BCUT2D eigenvalue weighted by atomic mass is 10.2. The fourth-order valence-electron chi connectivity index (χ4n) is 2.90. The van der Waals surface area contributed by atoms with Gasteiger partial charge in [-0.3, -0.25) is 9.78 Å². The average molecular weight is 377 g/mol. The first-order valence-corrected chi connectivity index (χ1v) is 8.97. The molecular formula is C22H23N3O3. The predicted octanol–water partition coefficient (Wildman–Crippen LogP) is 4.51. The second kappa shape index (κ2) is 8.90. The van der Waals surface area contributed by atoms with E-state index in [-0.39, 0.29) is 5.91 Å². The monoisotopic (exact) mass is 377 g/mol. The van der Waals surface area contributed by atoms with Gasteiger partial charge in [0.15, 0.2) is 0 Å². The van der Waals surface area contributed by atoms with Crippen molar-refractivity contribution in [2.24, 2.45) is 0 Å². The molecule has 0 bridgehead atoms. The summed E-state index contributed by atoms with van der Waals surface area (Å²) in [6.07, 6.45) is 3.23. The van der Waals surface area contributed by atoms with Gasteiger partial charge >= 0.3 is 0 Å². The molecule has 0 saturated carbocycles. The fraction of sp³-hybridized carbons (Fsp3) is 0.182. The molecule has 3 aromatic rings. The molecule has 1 N–H and O–H groups in total. The molecule has 3 rings (SSSR count). The smallest absolute Gasteiger partial charge is 0.259 e. The molecule has 0 radical (unpaired) electrons. The summed E-state index contributed by atoms with van der Waals surface area (Å²) in [4.78, 5) is 19.0. The summed E-state index contributed by atoms with van der Waals surface area (Å²) in [6, 6.07) is 16.8. The van der Waals surface area contributed by atoms with E-state index in [2.05, 4.69) is 10.3 Å². The SMILES string of the molecule is CCN(C(=O)c1cncc(Nc2cc(OC)ccc2OC)c1)c1ccccc1. The van der Waals surface area contributed by atoms with E-state index in [4.69, 9.17) is 9.47 Å². The zero-order chi connectivity index (χ0) is 19.9. The number of hydrogen-bond acceptors (Lipinski definition) is 5. The second-order valence-corrected chi connectivity index (χ2v) is 6.04. The molecule has 0 spiro atoms. The minimum atomic E-state index is -0.109. The molecule has 6 nitrogen and oxygen atoms in total. The molecule has 0 aliphatic carbocycles. The van der Waals surface area contributed by atoms with E-state index in [0.717, 1.165) is 11.4 Å². The second-order valence-electron chi connectivity index (χ2n) is 6.04. The largest absolute Gasteiger partial charge is 0.497 e. The first-order valence-electron chi connectivity index (χ1n) is 8.97. The Morgan fingerprint density at radius 2 is 1.82 bits per heavy atom. The van der Waals surface area contributed by atoms with Gasteiger partial charge in [0.05, 0.1) is 37.4 Å². The molecule has 0 saturated heterocycles. The van der Waals surface area contributed by atoms with Gasteiger partial charge in [0.25, 0.3) is 5.91 Å². The molecule has 1 heterocycles. The molecule has 0 aliphatic rings. The lowest BCUT2D eigenvalue weighted by molar-refractivity contribution is 0.0988. The maximum absolute atomic E-state index is 13.0. The number of nitrogens with one attached hydrogen (secondary N) is 1. The number of aromatic nitrogens is 1. The van der Waals surface area contributed by atoms with Crippen LogP contribution in [0.4, 0.5) is 17.1 Å². The topological polar surface area (TPSA) is 63.7 Å². The van der Waals surface area contributed by atoms with E-state index in [9.17, 15) is 4.79 Å². The number of carbonyl (C=O) groups is 1. The number of carbonyl (C=O) groups excluding carboxylic acids is 1. The van der Waals surface area contributed by atoms with Gasteiger partial charge in [-0.15, -0.1) is 0 Å². The van der Waals surface area contributed by atoms with Gasteiger partial charge in [0.2, 0.25) is 0 Å². The van der Waals surface area contributed by atoms with Crippen molar-refractivity contribution in [2.75, 3.05) is 31.0 Å². The van der Waals surface area contributed by atoms with Crippen LogP contribution in [-0.4, -0.2) is 31.7 Å². The molecule has 0 atom stereocenters. The van der Waals surface area contributed by atoms with E-state index in [0.29, 0.717) is 29.3 Å². The highest BCUT2D eigenvalue weighted by Gasteiger charge is 2.17. The molecule has 1 aromatic heterocycles. The number of amides is 1. The Hall–Kier alpha value is -3.54. The molecule has 144 valence electrons. The van der Waals surface area contributed by atoms with Crippen LogP contribution < -0.4 is 19.7 Å². The van der Waals surface area contributed by atoms with Crippen LogP contribution in [0.2, 0.25) is 0 Å². The van der Waals surface area contributed by atoms with Crippen LogP contribution in [0.25, 0.3) is 0 Å². The van der Waals surface area contributed by atoms with Crippen LogP contribution in [0.1, 0.15) is 17.3 Å². The van der Waals surface area contributed by atoms with Crippen molar-refractivity contribution in [1.82, 2.24) is 4.98 Å². The van der Waals surface area contributed by atoms with Gasteiger partial charge in [-0.2, -0.15) is 0 Å². The van der Waals surface area contributed by atoms with Crippen LogP contribution in [0.3, 0.4) is 0 Å². The number of pyridine rings is 1. The van der Waals surface area contributed by atoms with E-state index in [1.165, 1.54) is 0 Å². The van der Waals surface area contributed by atoms with Crippen LogP contribution in [-0.2, 0) is 0 Å². The van der Waals surface area contributed by atoms with Crippen molar-refractivity contribution in [3.63, 3.8) is 0 Å². The first kappa shape index (κ1) is 19.2. The van der Waals surface area contributed by atoms with Crippen molar-refractivity contribution in [3.05, 3.63) is 72.6 Å². The van der Waals surface area contributed by atoms with Gasteiger partial charge in [-0.1, -0.05) is 18.2 Å². The zero-order valence-corrected chi connectivity index (χ0v) is 16.2. The van der Waals surface area contributed by atoms with Crippen LogP contribution in [0.5, 0.6) is 11.5 Å². The van der Waals surface area contributed by atoms with Crippen molar-refractivity contribution < 1.29 is 14.3 Å². The Labute approximate surface area is 164 Å². The summed E-state index contributed by atoms with van der Waals surface area (Å²) < 4.78 is 10.7. The lowest BCUT2D eigenvalue weighted by Crippen LogP contribution is -2.30. The summed E-state index contributed by atoms with van der Waals surface area (Å²) in [7, 11) is 3.21. The van der Waals surface area contributed by atoms with Crippen molar-refractivity contribution in [3.8, 4) is 11.5 Å². The third-order valence-electron chi connectivity index (χ3n) is 4.30. The highest BCUT2D eigenvalue weighted by molar-refractivity contribution is 6.06. The van der Waals surface area contributed by atoms with Gasteiger partial charge < -0.3 is 19.7 Å². The third kappa shape index (κ3) is 4.23. The van der Waals surface area contributed by atoms with Gasteiger partial charge in [-0.05, 0) is 37.3 Å².